The van der Waals surface area contributed by atoms with E-state index in [0.717, 1.165) is 38.9 Å². The van der Waals surface area contributed by atoms with E-state index in [1.807, 2.05) is 85.0 Å². The number of hydrogen-bond donors (Lipinski definition) is 4. The molecule has 10 heteroatoms. The van der Waals surface area contributed by atoms with Crippen LogP contribution in [-0.2, 0) is 14.5 Å². The number of anilines is 2. The van der Waals surface area contributed by atoms with Crippen molar-refractivity contribution in [3.8, 4) is 0 Å². The fourth-order valence-electron chi connectivity index (χ4n) is 5.70. The van der Waals surface area contributed by atoms with Crippen molar-refractivity contribution in [2.45, 2.75) is 9.87 Å². The molecule has 2 aromatic carbocycles. The second-order valence-electron chi connectivity index (χ2n) is 10.5. The first-order valence-electron chi connectivity index (χ1n) is 13.8. The number of aromatic nitrogens is 2. The number of alkyl halides is 2. The Hall–Kier alpha value is -5.18. The van der Waals surface area contributed by atoms with Gasteiger partial charge in [-0.1, -0.05) is 35.9 Å². The molecule has 0 saturated heterocycles. The molecule has 2 atom stereocenters. The van der Waals surface area contributed by atoms with Crippen molar-refractivity contribution in [3.05, 3.63) is 136 Å². The molecule has 0 spiro atoms. The number of fused-ring (bicyclic) bond motifs is 6. The summed E-state index contributed by atoms with van der Waals surface area (Å²) in [5.74, 6) is 0. The molecule has 2 unspecified atom stereocenters. The minimum Gasteiger partial charge on any atom is -0.356 e. The molecule has 0 aliphatic carbocycles. The number of aliphatic imine (C=N–C) groups is 2. The predicted molar refractivity (Wildman–Crippen MR) is 176 cm³/mol. The molecule has 5 heterocycles. The van der Waals surface area contributed by atoms with Gasteiger partial charge < -0.3 is 20.6 Å². The molecule has 8 bridgehead atoms. The van der Waals surface area contributed by atoms with Crippen molar-refractivity contribution in [3.63, 3.8) is 0 Å². The third-order valence-corrected chi connectivity index (χ3v) is 9.00. The lowest BCUT2D eigenvalue weighted by atomic mass is 9.87. The number of hydrogen-bond acceptors (Lipinski definition) is 4. The van der Waals surface area contributed by atoms with E-state index in [1.165, 1.54) is 0 Å². The van der Waals surface area contributed by atoms with Crippen molar-refractivity contribution in [2.75, 3.05) is 10.6 Å². The highest BCUT2D eigenvalue weighted by Gasteiger charge is 2.53. The molecule has 44 heavy (non-hydrogen) atoms. The number of nitrogens with one attached hydrogen (secondary N) is 4. The Bertz CT molecular complexity index is 2120. The van der Waals surface area contributed by atoms with E-state index in [0.29, 0.717) is 41.2 Å². The van der Waals surface area contributed by atoms with E-state index in [-0.39, 0.29) is 0 Å². The second kappa shape index (κ2) is 10.8. The number of H-pyrrole nitrogens is 2. The van der Waals surface area contributed by atoms with E-state index in [9.17, 15) is 9.59 Å². The zero-order valence-electron chi connectivity index (χ0n) is 23.0. The maximum Gasteiger partial charge on any atom is 0.211 e. The van der Waals surface area contributed by atoms with Gasteiger partial charge in [0.25, 0.3) is 0 Å². The molecule has 0 radical (unpaired) electrons. The van der Waals surface area contributed by atoms with Crippen LogP contribution in [-0.4, -0.2) is 39.2 Å². The normalized spacial score (nSPS) is 21.7. The van der Waals surface area contributed by atoms with Gasteiger partial charge in [0.1, 0.15) is 0 Å². The summed E-state index contributed by atoms with van der Waals surface area (Å²) >= 11 is 15.1. The van der Waals surface area contributed by atoms with Crippen LogP contribution in [0.4, 0.5) is 11.4 Å². The van der Waals surface area contributed by atoms with Crippen molar-refractivity contribution < 1.29 is 9.59 Å². The molecule has 7 rings (SSSR count). The van der Waals surface area contributed by atoms with Crippen molar-refractivity contribution in [1.82, 2.24) is 9.97 Å². The number of halogens is 2. The molecule has 8 nitrogen and oxygen atoms in total. The van der Waals surface area contributed by atoms with Crippen LogP contribution in [0.1, 0.15) is 22.5 Å². The highest BCUT2D eigenvalue weighted by atomic mass is 35.5. The molecular weight excluding hydrogens is 595 g/mol. The van der Waals surface area contributed by atoms with E-state index in [1.54, 1.807) is 24.3 Å². The summed E-state index contributed by atoms with van der Waals surface area (Å²) in [7, 11) is 0. The van der Waals surface area contributed by atoms with Gasteiger partial charge in [-0.05, 0) is 96.1 Å². The highest BCUT2D eigenvalue weighted by molar-refractivity contribution is 6.39. The largest absolute Gasteiger partial charge is 0.356 e. The van der Waals surface area contributed by atoms with Crippen molar-refractivity contribution >= 4 is 76.5 Å². The van der Waals surface area contributed by atoms with Crippen LogP contribution >= 0.6 is 23.2 Å². The lowest BCUT2D eigenvalue weighted by Crippen LogP contribution is -2.41. The molecule has 3 aliphatic rings. The fraction of sp³-hybridized carbons (Fsp3) is 0.0588. The van der Waals surface area contributed by atoms with Crippen LogP contribution in [0.5, 0.6) is 0 Å². The Morgan fingerprint density at radius 2 is 1.48 bits per heavy atom. The Labute approximate surface area is 261 Å². The van der Waals surface area contributed by atoms with Gasteiger partial charge in [0.05, 0.1) is 17.1 Å². The van der Waals surface area contributed by atoms with Crippen LogP contribution in [0.15, 0.2) is 113 Å². The summed E-state index contributed by atoms with van der Waals surface area (Å²) in [5.41, 5.74) is 6.88. The third kappa shape index (κ3) is 4.74. The molecule has 4 aromatic rings. The first-order valence-corrected chi connectivity index (χ1v) is 14.5. The SMILES string of the molecule is O=CNc1cccc(C2=C3C=CC(=N3)C=c3ccc([nH]3)=CC3=NC(Cl)(C=C3)C(Cl)(c3cccc(NC=O)c3)c3ccc2[nH]3)c1. The maximum absolute atomic E-state index is 11.3. The smallest absolute Gasteiger partial charge is 0.211 e. The highest BCUT2D eigenvalue weighted by Crippen LogP contribution is 2.53. The van der Waals surface area contributed by atoms with Gasteiger partial charge in [0, 0.05) is 39.0 Å². The maximum atomic E-state index is 11.3. The monoisotopic (exact) mass is 618 g/mol. The average molecular weight is 620 g/mol. The van der Waals surface area contributed by atoms with Gasteiger partial charge >= 0.3 is 0 Å². The summed E-state index contributed by atoms with van der Waals surface area (Å²) in [4.78, 5) is 36.4. The number of nitrogens with zero attached hydrogens (tertiary/aromatic N) is 2. The molecular formula is C34H24Cl2N6O2. The molecule has 2 amide bonds. The van der Waals surface area contributed by atoms with Gasteiger partial charge in [0.15, 0.2) is 9.87 Å². The van der Waals surface area contributed by atoms with Crippen molar-refractivity contribution in [2.24, 2.45) is 9.98 Å². The lowest BCUT2D eigenvalue weighted by Gasteiger charge is -2.37. The Morgan fingerprint density at radius 3 is 2.25 bits per heavy atom. The summed E-state index contributed by atoms with van der Waals surface area (Å²) in [5, 5.41) is 7.14. The molecule has 2 aromatic heterocycles. The van der Waals surface area contributed by atoms with Gasteiger partial charge in [0.2, 0.25) is 12.8 Å². The number of carbonyl (C=O) groups excluding carboxylic acids is 2. The van der Waals surface area contributed by atoms with Crippen LogP contribution in [0, 0.1) is 0 Å². The first kappa shape index (κ1) is 27.6. The first-order chi connectivity index (χ1) is 21.4. The Kier molecular flexibility index (Phi) is 6.80. The summed E-state index contributed by atoms with van der Waals surface area (Å²) in [6.45, 7) is 0. The zero-order valence-corrected chi connectivity index (χ0v) is 24.5. The van der Waals surface area contributed by atoms with E-state index in [4.69, 9.17) is 33.2 Å². The Morgan fingerprint density at radius 1 is 0.750 bits per heavy atom. The number of allylic oxidation sites excluding steroid dienone is 3. The lowest BCUT2D eigenvalue weighted by molar-refractivity contribution is -0.106. The number of carbonyl (C=O) groups is 2. The standard InChI is InChI=1S/C34H24Cl2N6O2/c35-33-14-13-28(42-33)18-26-8-7-25(39-26)17-27-9-10-29(40-27)32(21-3-1-5-23(15-21)37-19-43)30-11-12-31(41-30)34(33,36)22-4-2-6-24(16-22)38-20-44/h1-20,39,41H,(H,37,43)(H,38,44). The molecule has 4 N–H and O–H groups in total. The number of rotatable bonds is 6. The molecule has 0 fully saturated rings. The zero-order chi connectivity index (χ0) is 30.3. The molecule has 0 saturated carbocycles. The van der Waals surface area contributed by atoms with Gasteiger partial charge in [-0.15, -0.1) is 11.6 Å². The third-order valence-electron chi connectivity index (χ3n) is 7.69. The van der Waals surface area contributed by atoms with Crippen LogP contribution in [0.3, 0.4) is 0 Å². The molecule has 216 valence electrons. The quantitative estimate of drug-likeness (QED) is 0.139. The Balaban J connectivity index is 1.52. The topological polar surface area (TPSA) is 114 Å². The number of aromatic amines is 2. The van der Waals surface area contributed by atoms with E-state index in [2.05, 4.69) is 20.6 Å². The fourth-order valence-corrected chi connectivity index (χ4v) is 6.40. The second-order valence-corrected chi connectivity index (χ2v) is 11.6. The van der Waals surface area contributed by atoms with E-state index < -0.39 is 9.87 Å². The van der Waals surface area contributed by atoms with Crippen LogP contribution in [0.25, 0.3) is 17.7 Å². The van der Waals surface area contributed by atoms with E-state index >= 15 is 0 Å². The number of benzene rings is 2. The van der Waals surface area contributed by atoms with Crippen LogP contribution < -0.4 is 21.3 Å². The predicted octanol–water partition coefficient (Wildman–Crippen LogP) is 4.95. The van der Waals surface area contributed by atoms with Gasteiger partial charge in [-0.2, -0.15) is 0 Å². The summed E-state index contributed by atoms with van der Waals surface area (Å²) in [6.07, 6.45) is 12.7. The summed E-state index contributed by atoms with van der Waals surface area (Å²) < 4.78 is 0. The average Bonchev–Trinajstić information content (AvgIpc) is 3.83. The van der Waals surface area contributed by atoms with Crippen LogP contribution in [0.2, 0.25) is 0 Å². The minimum atomic E-state index is -1.44. The van der Waals surface area contributed by atoms with Gasteiger partial charge in [-0.25, -0.2) is 4.99 Å². The molecule has 3 aliphatic heterocycles. The number of amides is 2. The summed E-state index contributed by atoms with van der Waals surface area (Å²) in [6, 6.07) is 22.5. The minimum absolute atomic E-state index is 0.560. The van der Waals surface area contributed by atoms with Crippen molar-refractivity contribution in [1.29, 1.82) is 0 Å². The van der Waals surface area contributed by atoms with Gasteiger partial charge in [-0.3, -0.25) is 14.6 Å².